The molecule has 1 fully saturated rings. The van der Waals surface area contributed by atoms with Crippen molar-refractivity contribution in [3.05, 3.63) is 0 Å². The van der Waals surface area contributed by atoms with Crippen molar-refractivity contribution in [1.82, 2.24) is 5.39 Å². The lowest BCUT2D eigenvalue weighted by atomic mass is 9.87. The Morgan fingerprint density at radius 1 is 1.10 bits per heavy atom. The van der Waals surface area contributed by atoms with Crippen molar-refractivity contribution in [3.63, 3.8) is 0 Å². The summed E-state index contributed by atoms with van der Waals surface area (Å²) in [7, 11) is 0.903. The van der Waals surface area contributed by atoms with Crippen molar-refractivity contribution in [3.8, 4) is 0 Å². The summed E-state index contributed by atoms with van der Waals surface area (Å²) in [6.07, 6.45) is 6.19. The average molecular weight is 143 g/mol. The first kappa shape index (κ1) is 8.05. The van der Waals surface area contributed by atoms with Crippen LogP contribution in [0.25, 0.3) is 0 Å². The second-order valence-corrected chi connectivity index (χ2v) is 2.57. The van der Waals surface area contributed by atoms with Gasteiger partial charge in [0, 0.05) is 0 Å². The summed E-state index contributed by atoms with van der Waals surface area (Å²) in [6.45, 7) is 0.715. The highest BCUT2D eigenvalue weighted by Crippen LogP contribution is 2.03. The van der Waals surface area contributed by atoms with Gasteiger partial charge in [-0.25, -0.2) is 10.3 Å². The van der Waals surface area contributed by atoms with Crippen molar-refractivity contribution in [2.45, 2.75) is 32.0 Å². The molecule has 4 heteroatoms. The lowest BCUT2D eigenvalue weighted by Crippen LogP contribution is -2.20. The third kappa shape index (κ3) is 3.87. The summed E-state index contributed by atoms with van der Waals surface area (Å²) in [5, 5.41) is 2.73. The molecule has 0 bridgehead atoms. The summed E-state index contributed by atoms with van der Waals surface area (Å²) >= 11 is 0. The minimum absolute atomic E-state index is 0.715. The van der Waals surface area contributed by atoms with E-state index in [1.807, 2.05) is 0 Å². The predicted molar refractivity (Wildman–Crippen MR) is 40.6 cm³/mol. The smallest absolute Gasteiger partial charge is 0.219 e. The van der Waals surface area contributed by atoms with E-state index in [4.69, 9.17) is 4.89 Å². The minimum atomic E-state index is 0.715. The second-order valence-electron chi connectivity index (χ2n) is 2.57. The molecule has 1 saturated heterocycles. The van der Waals surface area contributed by atoms with Crippen LogP contribution in [0.1, 0.15) is 25.7 Å². The van der Waals surface area contributed by atoms with Gasteiger partial charge in [0.25, 0.3) is 0 Å². The minimum Gasteiger partial charge on any atom is -0.219 e. The van der Waals surface area contributed by atoms with Crippen LogP contribution in [0.5, 0.6) is 0 Å². The highest BCUT2D eigenvalue weighted by atomic mass is 17.3. The van der Waals surface area contributed by atoms with Gasteiger partial charge in [0.1, 0.15) is 0 Å². The molecule has 1 N–H and O–H groups in total. The van der Waals surface area contributed by atoms with Gasteiger partial charge in [0.05, 0.1) is 6.61 Å². The molecule has 0 aliphatic carbocycles. The van der Waals surface area contributed by atoms with Crippen LogP contribution in [-0.2, 0) is 9.88 Å². The van der Waals surface area contributed by atoms with Crippen molar-refractivity contribution >= 4 is 7.41 Å². The first-order chi connectivity index (χ1) is 5.00. The molecule has 0 aromatic heterocycles. The molecule has 1 heterocycles. The SMILES string of the molecule is B1CCCCCCOON1. The molecule has 3 nitrogen and oxygen atoms in total. The van der Waals surface area contributed by atoms with Gasteiger partial charge >= 0.3 is 0 Å². The Labute approximate surface area is 62.2 Å². The molecule has 0 spiro atoms. The zero-order valence-electron chi connectivity index (χ0n) is 6.27. The van der Waals surface area contributed by atoms with E-state index in [2.05, 4.69) is 10.4 Å². The predicted octanol–water partition coefficient (Wildman–Crippen LogP) is 0.783. The highest BCUT2D eigenvalue weighted by molar-refractivity contribution is 6.31. The van der Waals surface area contributed by atoms with Crippen LogP contribution >= 0.6 is 0 Å². The van der Waals surface area contributed by atoms with Crippen LogP contribution in [0.4, 0.5) is 0 Å². The summed E-state index contributed by atoms with van der Waals surface area (Å²) in [5.74, 6) is 0. The average Bonchev–Trinajstić information content (AvgIpc) is 2.01. The molecule has 0 aromatic rings. The Hall–Kier alpha value is -0.0551. The van der Waals surface area contributed by atoms with E-state index in [-0.39, 0.29) is 0 Å². The molecular weight excluding hydrogens is 129 g/mol. The molecule has 0 amide bonds. The van der Waals surface area contributed by atoms with Gasteiger partial charge < -0.3 is 0 Å². The van der Waals surface area contributed by atoms with Crippen molar-refractivity contribution in [2.75, 3.05) is 6.61 Å². The van der Waals surface area contributed by atoms with Crippen LogP contribution in [0.15, 0.2) is 0 Å². The van der Waals surface area contributed by atoms with E-state index in [1.165, 1.54) is 25.6 Å². The number of hydrogen-bond donors (Lipinski definition) is 1. The van der Waals surface area contributed by atoms with Crippen molar-refractivity contribution in [2.24, 2.45) is 0 Å². The number of hydrogen-bond acceptors (Lipinski definition) is 3. The summed E-state index contributed by atoms with van der Waals surface area (Å²) < 4.78 is 0. The van der Waals surface area contributed by atoms with E-state index < -0.39 is 0 Å². The molecule has 0 unspecified atom stereocenters. The van der Waals surface area contributed by atoms with Gasteiger partial charge in [-0.15, -0.1) is 0 Å². The van der Waals surface area contributed by atoms with Crippen LogP contribution in [0, 0.1) is 0 Å². The third-order valence-electron chi connectivity index (χ3n) is 1.62. The maximum Gasteiger partial charge on any atom is 0.238 e. The standard InChI is InChI=1S/C6H14BNO2/c1-2-4-6-9-10-8-7-5-3-1/h7-8H,1-6H2. The number of nitrogens with one attached hydrogen (secondary N) is 1. The van der Waals surface area contributed by atoms with E-state index in [1.54, 1.807) is 0 Å². The molecule has 0 radical (unpaired) electrons. The topological polar surface area (TPSA) is 30.5 Å². The van der Waals surface area contributed by atoms with E-state index in [0.29, 0.717) is 6.61 Å². The Balaban J connectivity index is 2.00. The number of rotatable bonds is 0. The molecule has 58 valence electrons. The molecule has 10 heavy (non-hydrogen) atoms. The molecule has 1 aliphatic rings. The molecule has 1 aliphatic heterocycles. The first-order valence-corrected chi connectivity index (χ1v) is 4.01. The Morgan fingerprint density at radius 2 is 2.00 bits per heavy atom. The Morgan fingerprint density at radius 3 is 3.00 bits per heavy atom. The van der Waals surface area contributed by atoms with E-state index in [9.17, 15) is 0 Å². The lowest BCUT2D eigenvalue weighted by Gasteiger charge is -2.06. The van der Waals surface area contributed by atoms with Gasteiger partial charge in [0.2, 0.25) is 7.41 Å². The van der Waals surface area contributed by atoms with Gasteiger partial charge in [-0.1, -0.05) is 25.6 Å². The third-order valence-corrected chi connectivity index (χ3v) is 1.62. The Bertz CT molecular complexity index is 48.9. The van der Waals surface area contributed by atoms with E-state index in [0.717, 1.165) is 13.8 Å². The zero-order chi connectivity index (χ0) is 7.07. The van der Waals surface area contributed by atoms with Crippen LogP contribution in [-0.4, -0.2) is 14.0 Å². The largest absolute Gasteiger partial charge is 0.238 e. The van der Waals surface area contributed by atoms with Gasteiger partial charge in [0.15, 0.2) is 0 Å². The monoisotopic (exact) mass is 143 g/mol. The maximum atomic E-state index is 4.80. The van der Waals surface area contributed by atoms with Crippen LogP contribution < -0.4 is 5.39 Å². The zero-order valence-corrected chi connectivity index (χ0v) is 6.27. The molecule has 0 saturated carbocycles. The molecule has 1 rings (SSSR count). The first-order valence-electron chi connectivity index (χ1n) is 4.01. The quantitative estimate of drug-likeness (QED) is 0.401. The van der Waals surface area contributed by atoms with Crippen LogP contribution in [0.2, 0.25) is 6.32 Å². The maximum absolute atomic E-state index is 4.80. The Kier molecular flexibility index (Phi) is 4.59. The van der Waals surface area contributed by atoms with Crippen molar-refractivity contribution < 1.29 is 9.88 Å². The van der Waals surface area contributed by atoms with Gasteiger partial charge in [-0.3, -0.25) is 0 Å². The van der Waals surface area contributed by atoms with Crippen molar-refractivity contribution in [1.29, 1.82) is 0 Å². The fourth-order valence-electron chi connectivity index (χ4n) is 1.01. The summed E-state index contributed by atoms with van der Waals surface area (Å²) in [4.78, 5) is 9.46. The highest BCUT2D eigenvalue weighted by Gasteiger charge is 1.97. The molecular formula is C6H14BNO2. The second kappa shape index (κ2) is 5.71. The summed E-state index contributed by atoms with van der Waals surface area (Å²) in [5.41, 5.74) is 0. The molecule has 0 atom stereocenters. The van der Waals surface area contributed by atoms with Crippen LogP contribution in [0.3, 0.4) is 0 Å². The summed E-state index contributed by atoms with van der Waals surface area (Å²) in [6, 6.07) is 0. The van der Waals surface area contributed by atoms with Gasteiger partial charge in [-0.2, -0.15) is 4.99 Å². The fourth-order valence-corrected chi connectivity index (χ4v) is 1.01. The fraction of sp³-hybridized carbons (Fsp3) is 1.00. The van der Waals surface area contributed by atoms with E-state index >= 15 is 0 Å². The van der Waals surface area contributed by atoms with Gasteiger partial charge in [-0.05, 0) is 6.42 Å². The normalized spacial score (nSPS) is 23.2. The molecule has 0 aromatic carbocycles. The lowest BCUT2D eigenvalue weighted by molar-refractivity contribution is -0.319.